The van der Waals surface area contributed by atoms with Crippen LogP contribution in [0.5, 0.6) is 0 Å². The molecule has 0 aliphatic rings. The molecule has 0 aromatic carbocycles. The van der Waals surface area contributed by atoms with E-state index in [0.29, 0.717) is 9.75 Å². The average molecular weight is 179 g/mol. The normalized spacial score (nSPS) is 9.42. The Morgan fingerprint density at radius 2 is 2.08 bits per heavy atom. The first kappa shape index (κ1) is 8.75. The van der Waals surface area contributed by atoms with Crippen LogP contribution in [-0.2, 0) is 0 Å². The van der Waals surface area contributed by atoms with Crippen molar-refractivity contribution in [1.82, 2.24) is 0 Å². The number of nitrogens with zero attached hydrogens (tertiary/aromatic N) is 1. The van der Waals surface area contributed by atoms with Gasteiger partial charge in [-0.2, -0.15) is 5.26 Å². The van der Waals surface area contributed by atoms with Gasteiger partial charge < -0.3 is 5.73 Å². The lowest BCUT2D eigenvalue weighted by Crippen LogP contribution is -2.10. The molecule has 0 bridgehead atoms. The standard InChI is InChI=1S/C8H9N3S/c1-4-5(2)7(8(10)11)12-6(4)3-9/h1-2H3,(H3,10,11). The molecule has 12 heavy (non-hydrogen) atoms. The van der Waals surface area contributed by atoms with Gasteiger partial charge in [0, 0.05) is 0 Å². The highest BCUT2D eigenvalue weighted by molar-refractivity contribution is 7.15. The largest absolute Gasteiger partial charge is 0.383 e. The van der Waals surface area contributed by atoms with E-state index in [-0.39, 0.29) is 5.84 Å². The Labute approximate surface area is 74.9 Å². The molecule has 0 saturated heterocycles. The van der Waals surface area contributed by atoms with Crippen LogP contribution in [-0.4, -0.2) is 5.84 Å². The smallest absolute Gasteiger partial charge is 0.133 e. The molecular weight excluding hydrogens is 170 g/mol. The lowest BCUT2D eigenvalue weighted by molar-refractivity contribution is 1.35. The second-order valence-electron chi connectivity index (χ2n) is 2.54. The molecule has 0 spiro atoms. The zero-order chi connectivity index (χ0) is 9.30. The summed E-state index contributed by atoms with van der Waals surface area (Å²) in [5, 5.41) is 15.9. The van der Waals surface area contributed by atoms with Crippen LogP contribution < -0.4 is 5.73 Å². The summed E-state index contributed by atoms with van der Waals surface area (Å²) >= 11 is 1.28. The molecule has 1 aromatic heterocycles. The lowest BCUT2D eigenvalue weighted by Gasteiger charge is -1.93. The predicted molar refractivity (Wildman–Crippen MR) is 49.5 cm³/mol. The number of rotatable bonds is 1. The molecule has 0 atom stereocenters. The van der Waals surface area contributed by atoms with Crippen molar-refractivity contribution in [2.75, 3.05) is 0 Å². The van der Waals surface area contributed by atoms with Crippen molar-refractivity contribution in [2.24, 2.45) is 5.73 Å². The molecule has 4 heteroatoms. The van der Waals surface area contributed by atoms with Gasteiger partial charge in [0.15, 0.2) is 0 Å². The summed E-state index contributed by atoms with van der Waals surface area (Å²) in [5.41, 5.74) is 7.22. The van der Waals surface area contributed by atoms with Gasteiger partial charge in [-0.3, -0.25) is 5.41 Å². The first-order valence-electron chi connectivity index (χ1n) is 3.42. The summed E-state index contributed by atoms with van der Waals surface area (Å²) in [6.07, 6.45) is 0. The molecule has 0 aliphatic heterocycles. The van der Waals surface area contributed by atoms with Gasteiger partial charge in [-0.25, -0.2) is 0 Å². The summed E-state index contributed by atoms with van der Waals surface area (Å²) in [5.74, 6) is 0.0436. The van der Waals surface area contributed by atoms with Crippen molar-refractivity contribution in [3.8, 4) is 6.07 Å². The van der Waals surface area contributed by atoms with Gasteiger partial charge in [0.1, 0.15) is 16.8 Å². The molecule has 0 radical (unpaired) electrons. The summed E-state index contributed by atoms with van der Waals surface area (Å²) in [6.45, 7) is 3.75. The van der Waals surface area contributed by atoms with Crippen molar-refractivity contribution in [3.63, 3.8) is 0 Å². The molecule has 0 aliphatic carbocycles. The van der Waals surface area contributed by atoms with Crippen LogP contribution in [0, 0.1) is 30.6 Å². The fourth-order valence-corrected chi connectivity index (χ4v) is 1.93. The van der Waals surface area contributed by atoms with Crippen LogP contribution in [0.15, 0.2) is 0 Å². The zero-order valence-corrected chi connectivity index (χ0v) is 7.75. The summed E-state index contributed by atoms with van der Waals surface area (Å²) in [7, 11) is 0. The Hall–Kier alpha value is -1.34. The molecule has 3 nitrogen and oxygen atoms in total. The van der Waals surface area contributed by atoms with E-state index in [0.717, 1.165) is 11.1 Å². The van der Waals surface area contributed by atoms with Gasteiger partial charge in [0.2, 0.25) is 0 Å². The van der Waals surface area contributed by atoms with E-state index in [1.807, 2.05) is 13.8 Å². The van der Waals surface area contributed by atoms with Crippen molar-refractivity contribution in [1.29, 1.82) is 10.7 Å². The number of hydrogen-bond acceptors (Lipinski definition) is 3. The SMILES string of the molecule is Cc1c(C#N)sc(C(=N)N)c1C. The maximum atomic E-state index is 8.69. The molecule has 0 amide bonds. The third-order valence-electron chi connectivity index (χ3n) is 1.79. The van der Waals surface area contributed by atoms with Crippen molar-refractivity contribution < 1.29 is 0 Å². The third kappa shape index (κ3) is 1.19. The van der Waals surface area contributed by atoms with Crippen LogP contribution in [0.25, 0.3) is 0 Å². The van der Waals surface area contributed by atoms with Crippen LogP contribution in [0.1, 0.15) is 20.9 Å². The predicted octanol–water partition coefficient (Wildman–Crippen LogP) is 1.52. The number of amidine groups is 1. The molecule has 1 aromatic rings. The maximum Gasteiger partial charge on any atom is 0.133 e. The highest BCUT2D eigenvalue weighted by Crippen LogP contribution is 2.25. The molecule has 3 N–H and O–H groups in total. The number of hydrogen-bond donors (Lipinski definition) is 2. The molecule has 1 heterocycles. The van der Waals surface area contributed by atoms with E-state index in [2.05, 4.69) is 6.07 Å². The minimum absolute atomic E-state index is 0.0436. The van der Waals surface area contributed by atoms with Crippen LogP contribution >= 0.6 is 11.3 Å². The summed E-state index contributed by atoms with van der Waals surface area (Å²) in [4.78, 5) is 1.36. The first-order chi connectivity index (χ1) is 5.57. The minimum atomic E-state index is 0.0436. The van der Waals surface area contributed by atoms with E-state index in [1.165, 1.54) is 11.3 Å². The summed E-state index contributed by atoms with van der Waals surface area (Å²) < 4.78 is 0. The second-order valence-corrected chi connectivity index (χ2v) is 3.56. The average Bonchev–Trinajstić information content (AvgIpc) is 2.30. The van der Waals surface area contributed by atoms with Crippen LogP contribution in [0.3, 0.4) is 0 Å². The Morgan fingerprint density at radius 3 is 2.33 bits per heavy atom. The Balaban J connectivity index is 3.37. The topological polar surface area (TPSA) is 73.7 Å². The molecule has 62 valence electrons. The number of thiophene rings is 1. The minimum Gasteiger partial charge on any atom is -0.383 e. The lowest BCUT2D eigenvalue weighted by atomic mass is 10.1. The van der Waals surface area contributed by atoms with Gasteiger partial charge in [-0.05, 0) is 25.0 Å². The molecule has 0 unspecified atom stereocenters. The maximum absolute atomic E-state index is 8.69. The van der Waals surface area contributed by atoms with Crippen molar-refractivity contribution in [2.45, 2.75) is 13.8 Å². The number of nitrogen functional groups attached to an aromatic ring is 1. The summed E-state index contributed by atoms with van der Waals surface area (Å²) in [6, 6.07) is 2.08. The number of nitrogens with two attached hydrogens (primary N) is 1. The van der Waals surface area contributed by atoms with E-state index in [1.54, 1.807) is 0 Å². The second kappa shape index (κ2) is 2.95. The van der Waals surface area contributed by atoms with Crippen LogP contribution in [0.4, 0.5) is 0 Å². The van der Waals surface area contributed by atoms with Crippen molar-refractivity contribution in [3.05, 3.63) is 20.9 Å². The zero-order valence-electron chi connectivity index (χ0n) is 6.93. The first-order valence-corrected chi connectivity index (χ1v) is 4.24. The number of nitriles is 1. The quantitative estimate of drug-likeness (QED) is 0.506. The van der Waals surface area contributed by atoms with Crippen LogP contribution in [0.2, 0.25) is 0 Å². The number of nitrogens with one attached hydrogen (secondary N) is 1. The fourth-order valence-electron chi connectivity index (χ4n) is 0.959. The van der Waals surface area contributed by atoms with E-state index < -0.39 is 0 Å². The Morgan fingerprint density at radius 1 is 1.50 bits per heavy atom. The highest BCUT2D eigenvalue weighted by Gasteiger charge is 2.12. The molecular formula is C8H9N3S. The van der Waals surface area contributed by atoms with Gasteiger partial charge in [-0.1, -0.05) is 0 Å². The van der Waals surface area contributed by atoms with Crippen molar-refractivity contribution >= 4 is 17.2 Å². The van der Waals surface area contributed by atoms with Gasteiger partial charge in [-0.15, -0.1) is 11.3 Å². The monoisotopic (exact) mass is 179 g/mol. The molecule has 1 rings (SSSR count). The molecule has 0 fully saturated rings. The highest BCUT2D eigenvalue weighted by atomic mass is 32.1. The van der Waals surface area contributed by atoms with Gasteiger partial charge >= 0.3 is 0 Å². The van der Waals surface area contributed by atoms with Gasteiger partial charge in [0.05, 0.1) is 4.88 Å². The Bertz CT molecular complexity index is 370. The van der Waals surface area contributed by atoms with E-state index in [9.17, 15) is 0 Å². The molecule has 0 saturated carbocycles. The third-order valence-corrected chi connectivity index (χ3v) is 3.13. The van der Waals surface area contributed by atoms with Gasteiger partial charge in [0.25, 0.3) is 0 Å². The van der Waals surface area contributed by atoms with E-state index >= 15 is 0 Å². The van der Waals surface area contributed by atoms with E-state index in [4.69, 9.17) is 16.4 Å². The Kier molecular flexibility index (Phi) is 2.15. The fraction of sp³-hybridized carbons (Fsp3) is 0.250.